The van der Waals surface area contributed by atoms with Crippen LogP contribution < -0.4 is 5.32 Å². The number of hydrogen-bond acceptors (Lipinski definition) is 1. The molecule has 1 aliphatic carbocycles. The average Bonchev–Trinajstić information content (AvgIpc) is 2.59. The minimum atomic E-state index is 1.13. The van der Waals surface area contributed by atoms with Gasteiger partial charge in [-0.1, -0.05) is 18.2 Å². The van der Waals surface area contributed by atoms with Crippen molar-refractivity contribution in [2.24, 2.45) is 0 Å². The standard InChI is InChI=1S/C11H10N/c1-2-6-10(7-3-1)12-11-8-4-5-9-11/h1-9,12H. The van der Waals surface area contributed by atoms with Gasteiger partial charge < -0.3 is 5.32 Å². The lowest BCUT2D eigenvalue weighted by Crippen LogP contribution is -2.05. The van der Waals surface area contributed by atoms with E-state index in [0.717, 1.165) is 11.7 Å². The third-order valence-corrected chi connectivity index (χ3v) is 1.73. The van der Waals surface area contributed by atoms with Crippen molar-refractivity contribution in [1.29, 1.82) is 0 Å². The van der Waals surface area contributed by atoms with E-state index in [1.54, 1.807) is 0 Å². The summed E-state index contributed by atoms with van der Waals surface area (Å²) in [5.74, 6) is 0. The molecule has 0 heterocycles. The van der Waals surface area contributed by atoms with Gasteiger partial charge >= 0.3 is 0 Å². The Hall–Kier alpha value is -0.980. The molecule has 1 heteroatoms. The molecule has 1 aliphatic rings. The van der Waals surface area contributed by atoms with Gasteiger partial charge in [-0.3, -0.25) is 0 Å². The van der Waals surface area contributed by atoms with Crippen LogP contribution in [0.15, 0.2) is 30.3 Å². The van der Waals surface area contributed by atoms with Crippen LogP contribution in [0.1, 0.15) is 0 Å². The Morgan fingerprint density at radius 1 is 0.833 bits per heavy atom. The van der Waals surface area contributed by atoms with Gasteiger partial charge in [0.05, 0.1) is 6.04 Å². The van der Waals surface area contributed by atoms with Gasteiger partial charge in [-0.2, -0.15) is 0 Å². The maximum Gasteiger partial charge on any atom is 0.0677 e. The molecule has 12 heavy (non-hydrogen) atoms. The lowest BCUT2D eigenvalue weighted by molar-refractivity contribution is 1.25. The van der Waals surface area contributed by atoms with E-state index in [2.05, 4.69) is 5.32 Å². The molecule has 0 amide bonds. The van der Waals surface area contributed by atoms with Crippen molar-refractivity contribution in [1.82, 2.24) is 0 Å². The Balaban J connectivity index is 1.94. The molecule has 1 fully saturated rings. The Labute approximate surface area is 73.8 Å². The quantitative estimate of drug-likeness (QED) is 0.693. The van der Waals surface area contributed by atoms with Crippen molar-refractivity contribution in [3.63, 3.8) is 0 Å². The smallest absolute Gasteiger partial charge is 0.0677 e. The highest BCUT2D eigenvalue weighted by Crippen LogP contribution is 2.24. The van der Waals surface area contributed by atoms with Crippen LogP contribution in [0.25, 0.3) is 0 Å². The molecule has 0 spiro atoms. The summed E-state index contributed by atoms with van der Waals surface area (Å²) in [5, 5.41) is 3.28. The fourth-order valence-electron chi connectivity index (χ4n) is 1.15. The first-order chi connectivity index (χ1) is 5.95. The third kappa shape index (κ3) is 1.79. The Bertz CT molecular complexity index is 224. The summed E-state index contributed by atoms with van der Waals surface area (Å²) in [5.41, 5.74) is 1.13. The van der Waals surface area contributed by atoms with Gasteiger partial charge in [0, 0.05) is 5.69 Å². The third-order valence-electron chi connectivity index (χ3n) is 1.73. The van der Waals surface area contributed by atoms with E-state index in [1.807, 2.05) is 56.0 Å². The number of para-hydroxylation sites is 1. The summed E-state index contributed by atoms with van der Waals surface area (Å²) >= 11 is 0. The predicted molar refractivity (Wildman–Crippen MR) is 50.5 cm³/mol. The molecule has 2 rings (SSSR count). The number of nitrogens with one attached hydrogen (secondary N) is 1. The summed E-state index contributed by atoms with van der Waals surface area (Å²) in [6.45, 7) is 0. The van der Waals surface area contributed by atoms with Crippen LogP contribution in [0.3, 0.4) is 0 Å². The van der Waals surface area contributed by atoms with Crippen molar-refractivity contribution in [3.05, 3.63) is 62.1 Å². The Morgan fingerprint density at radius 3 is 2.17 bits per heavy atom. The lowest BCUT2D eigenvalue weighted by atomic mass is 10.2. The molecular formula is C11H10N. The molecule has 0 atom stereocenters. The Morgan fingerprint density at radius 2 is 1.50 bits per heavy atom. The zero-order valence-corrected chi connectivity index (χ0v) is 6.70. The molecule has 1 aromatic rings. The number of anilines is 1. The van der Waals surface area contributed by atoms with E-state index in [-0.39, 0.29) is 0 Å². The monoisotopic (exact) mass is 156 g/mol. The molecule has 59 valence electrons. The molecule has 0 aromatic heterocycles. The van der Waals surface area contributed by atoms with Gasteiger partial charge in [0.2, 0.25) is 0 Å². The highest BCUT2D eigenvalue weighted by atomic mass is 14.9. The molecule has 5 radical (unpaired) electrons. The van der Waals surface area contributed by atoms with Crippen molar-refractivity contribution in [3.8, 4) is 0 Å². The van der Waals surface area contributed by atoms with Gasteiger partial charge in [-0.15, -0.1) is 0 Å². The van der Waals surface area contributed by atoms with Gasteiger partial charge in [0.25, 0.3) is 0 Å². The maximum atomic E-state index is 3.28. The van der Waals surface area contributed by atoms with Gasteiger partial charge in [0.1, 0.15) is 0 Å². The van der Waals surface area contributed by atoms with Crippen molar-refractivity contribution in [2.75, 3.05) is 5.32 Å². The van der Waals surface area contributed by atoms with Crippen LogP contribution in [0.2, 0.25) is 0 Å². The van der Waals surface area contributed by atoms with E-state index >= 15 is 0 Å². The average molecular weight is 156 g/mol. The first-order valence-corrected chi connectivity index (χ1v) is 3.99. The molecule has 0 saturated heterocycles. The van der Waals surface area contributed by atoms with Crippen LogP contribution in [0, 0.1) is 31.7 Å². The van der Waals surface area contributed by atoms with Crippen molar-refractivity contribution < 1.29 is 0 Å². The minimum absolute atomic E-state index is 1.13. The van der Waals surface area contributed by atoms with Gasteiger partial charge in [-0.05, 0) is 37.8 Å². The highest BCUT2D eigenvalue weighted by molar-refractivity contribution is 5.53. The molecular weight excluding hydrogens is 146 g/mol. The maximum absolute atomic E-state index is 3.28. The molecule has 0 unspecified atom stereocenters. The topological polar surface area (TPSA) is 12.0 Å². The fraction of sp³-hybridized carbons (Fsp3) is 0. The summed E-state index contributed by atoms with van der Waals surface area (Å²) in [6.07, 6.45) is 8.14. The largest absolute Gasteiger partial charge is 0.377 e. The summed E-state index contributed by atoms with van der Waals surface area (Å²) in [7, 11) is 0. The van der Waals surface area contributed by atoms with E-state index in [0.29, 0.717) is 0 Å². The van der Waals surface area contributed by atoms with Crippen LogP contribution in [0.5, 0.6) is 0 Å². The highest BCUT2D eigenvalue weighted by Gasteiger charge is 2.16. The van der Waals surface area contributed by atoms with Crippen LogP contribution >= 0.6 is 0 Å². The second-order valence-corrected chi connectivity index (χ2v) is 2.66. The second kappa shape index (κ2) is 3.61. The van der Waals surface area contributed by atoms with Crippen LogP contribution in [0.4, 0.5) is 5.69 Å². The van der Waals surface area contributed by atoms with E-state index in [1.165, 1.54) is 0 Å². The van der Waals surface area contributed by atoms with Gasteiger partial charge in [0.15, 0.2) is 0 Å². The molecule has 1 N–H and O–H groups in total. The first kappa shape index (κ1) is 7.66. The first-order valence-electron chi connectivity index (χ1n) is 3.99. The summed E-state index contributed by atoms with van der Waals surface area (Å²) in [6, 6.07) is 11.3. The lowest BCUT2D eigenvalue weighted by Gasteiger charge is -2.10. The van der Waals surface area contributed by atoms with Crippen molar-refractivity contribution in [2.45, 2.75) is 0 Å². The normalized spacial score (nSPS) is 18.0. The molecule has 1 aromatic carbocycles. The summed E-state index contributed by atoms with van der Waals surface area (Å²) < 4.78 is 0. The zero-order chi connectivity index (χ0) is 8.23. The molecule has 1 saturated carbocycles. The SMILES string of the molecule is [CH]1[CH][CH][C](Nc2ccccc2)[CH]1. The van der Waals surface area contributed by atoms with E-state index in [9.17, 15) is 0 Å². The van der Waals surface area contributed by atoms with E-state index < -0.39 is 0 Å². The molecule has 0 aliphatic heterocycles. The van der Waals surface area contributed by atoms with E-state index in [4.69, 9.17) is 0 Å². The molecule has 0 bridgehead atoms. The zero-order valence-electron chi connectivity index (χ0n) is 6.70. The summed E-state index contributed by atoms with van der Waals surface area (Å²) in [4.78, 5) is 0. The van der Waals surface area contributed by atoms with Crippen LogP contribution in [-0.4, -0.2) is 0 Å². The predicted octanol–water partition coefficient (Wildman–Crippen LogP) is 2.46. The Kier molecular flexibility index (Phi) is 2.31. The van der Waals surface area contributed by atoms with Crippen molar-refractivity contribution >= 4 is 5.69 Å². The number of benzene rings is 1. The second-order valence-electron chi connectivity index (χ2n) is 2.66. The molecule has 1 nitrogen and oxygen atoms in total. The number of hydrogen-bond donors (Lipinski definition) is 1. The minimum Gasteiger partial charge on any atom is -0.377 e. The van der Waals surface area contributed by atoms with Crippen LogP contribution in [-0.2, 0) is 0 Å². The number of rotatable bonds is 2. The van der Waals surface area contributed by atoms with Gasteiger partial charge in [-0.25, -0.2) is 0 Å². The fourth-order valence-corrected chi connectivity index (χ4v) is 1.15.